The molecule has 0 fully saturated rings. The molecular formula is C10H8F13N. The van der Waals surface area contributed by atoms with Crippen LogP contribution in [0.25, 0.3) is 0 Å². The largest absolute Gasteiger partial charge is 0.438 e. The Morgan fingerprint density at radius 1 is 0.750 bits per heavy atom. The Morgan fingerprint density at radius 2 is 1.08 bits per heavy atom. The van der Waals surface area contributed by atoms with E-state index < -0.39 is 53.1 Å². The highest BCUT2D eigenvalue weighted by molar-refractivity contribution is 5.29. The Hall–Kier alpha value is -1.21. The maximum Gasteiger partial charge on any atom is 0.438 e. The average molecular weight is 389 g/mol. The van der Waals surface area contributed by atoms with Crippen molar-refractivity contribution in [1.29, 1.82) is 0 Å². The Balaban J connectivity index is 6.79. The van der Waals surface area contributed by atoms with Crippen molar-refractivity contribution in [3.8, 4) is 0 Å². The molecule has 0 aromatic rings. The molecule has 0 aliphatic carbocycles. The predicted octanol–water partition coefficient (Wildman–Crippen LogP) is 5.15. The summed E-state index contributed by atoms with van der Waals surface area (Å²) >= 11 is 0. The molecule has 0 amide bonds. The molecule has 0 saturated carbocycles. The van der Waals surface area contributed by atoms with Crippen LogP contribution in [-0.4, -0.2) is 48.5 Å². The topological polar surface area (TPSA) is 3.24 Å². The molecule has 0 atom stereocenters. The third kappa shape index (κ3) is 3.28. The second kappa shape index (κ2) is 6.26. The lowest BCUT2D eigenvalue weighted by Gasteiger charge is -2.39. The standard InChI is InChI=1S/C10H8F13N/c1-3-24(2)7(15,16)4(5(11)12)6(13,14)8(17,9(18,19)20)10(21,22)23/h3H2,1-2H3. The zero-order valence-corrected chi connectivity index (χ0v) is 11.6. The van der Waals surface area contributed by atoms with Crippen LogP contribution in [-0.2, 0) is 0 Å². The normalized spacial score (nSPS) is 15.0. The summed E-state index contributed by atoms with van der Waals surface area (Å²) in [6.07, 6.45) is -19.3. The van der Waals surface area contributed by atoms with E-state index in [-0.39, 0.29) is 7.05 Å². The maximum atomic E-state index is 13.5. The first-order valence-electron chi connectivity index (χ1n) is 5.65. The van der Waals surface area contributed by atoms with Gasteiger partial charge in [0.15, 0.2) is 5.57 Å². The van der Waals surface area contributed by atoms with Gasteiger partial charge in [-0.2, -0.15) is 52.7 Å². The van der Waals surface area contributed by atoms with Gasteiger partial charge >= 0.3 is 30.0 Å². The molecule has 24 heavy (non-hydrogen) atoms. The Bertz CT molecular complexity index is 468. The van der Waals surface area contributed by atoms with Crippen molar-refractivity contribution in [1.82, 2.24) is 4.90 Å². The number of halogens is 13. The van der Waals surface area contributed by atoms with Gasteiger partial charge in [0, 0.05) is 6.54 Å². The van der Waals surface area contributed by atoms with Gasteiger partial charge in [0.2, 0.25) is 0 Å². The lowest BCUT2D eigenvalue weighted by molar-refractivity contribution is -0.393. The summed E-state index contributed by atoms with van der Waals surface area (Å²) < 4.78 is 166. The summed E-state index contributed by atoms with van der Waals surface area (Å²) in [6.45, 7) is -0.298. The van der Waals surface area contributed by atoms with Crippen LogP contribution < -0.4 is 0 Å². The third-order valence-electron chi connectivity index (χ3n) is 2.97. The number of rotatable bonds is 5. The van der Waals surface area contributed by atoms with Crippen LogP contribution in [0.4, 0.5) is 57.1 Å². The summed E-state index contributed by atoms with van der Waals surface area (Å²) in [5.74, 6) is -7.35. The van der Waals surface area contributed by atoms with Crippen molar-refractivity contribution in [2.75, 3.05) is 13.6 Å². The fourth-order valence-corrected chi connectivity index (χ4v) is 1.50. The summed E-state index contributed by atoms with van der Waals surface area (Å²) in [6, 6.07) is -5.70. The first-order chi connectivity index (χ1) is 10.3. The van der Waals surface area contributed by atoms with Crippen LogP contribution in [0.1, 0.15) is 6.92 Å². The van der Waals surface area contributed by atoms with Gasteiger partial charge in [0.25, 0.3) is 6.08 Å². The van der Waals surface area contributed by atoms with Crippen LogP contribution in [0.2, 0.25) is 0 Å². The number of nitrogens with zero attached hydrogens (tertiary/aromatic N) is 1. The number of alkyl halides is 11. The van der Waals surface area contributed by atoms with Gasteiger partial charge in [-0.25, -0.2) is 9.29 Å². The van der Waals surface area contributed by atoms with E-state index in [4.69, 9.17) is 0 Å². The summed E-state index contributed by atoms with van der Waals surface area (Å²) in [4.78, 5) is -0.706. The minimum atomic E-state index is -7.66. The number of hydrogen-bond donors (Lipinski definition) is 0. The van der Waals surface area contributed by atoms with Crippen molar-refractivity contribution >= 4 is 0 Å². The van der Waals surface area contributed by atoms with Gasteiger partial charge in [-0.15, -0.1) is 0 Å². The van der Waals surface area contributed by atoms with E-state index in [0.29, 0.717) is 0 Å². The third-order valence-corrected chi connectivity index (χ3v) is 2.97. The first-order valence-corrected chi connectivity index (χ1v) is 5.65. The molecule has 0 radical (unpaired) electrons. The summed E-state index contributed by atoms with van der Waals surface area (Å²) in [7, 11) is 0.153. The molecule has 0 rings (SSSR count). The Labute approximate surface area is 125 Å². The van der Waals surface area contributed by atoms with Crippen LogP contribution in [0, 0.1) is 0 Å². The molecule has 0 aromatic carbocycles. The van der Waals surface area contributed by atoms with Gasteiger partial charge in [-0.1, -0.05) is 6.92 Å². The maximum absolute atomic E-state index is 13.5. The van der Waals surface area contributed by atoms with Gasteiger partial charge in [0.05, 0.1) is 0 Å². The zero-order valence-electron chi connectivity index (χ0n) is 11.6. The van der Waals surface area contributed by atoms with Crippen molar-refractivity contribution in [3.63, 3.8) is 0 Å². The fourth-order valence-electron chi connectivity index (χ4n) is 1.50. The van der Waals surface area contributed by atoms with E-state index >= 15 is 0 Å². The predicted molar refractivity (Wildman–Crippen MR) is 53.4 cm³/mol. The molecule has 0 N–H and O–H groups in total. The second-order valence-electron chi connectivity index (χ2n) is 4.42. The minimum Gasteiger partial charge on any atom is -0.244 e. The molecular weight excluding hydrogens is 381 g/mol. The van der Waals surface area contributed by atoms with E-state index in [1.165, 1.54) is 0 Å². The SMILES string of the molecule is CCN(C)C(F)(F)C(=C(F)F)C(F)(F)C(F)(C(F)(F)F)C(F)(F)F. The molecule has 0 unspecified atom stereocenters. The average Bonchev–Trinajstić information content (AvgIpc) is 2.32. The monoisotopic (exact) mass is 389 g/mol. The minimum absolute atomic E-state index is 0.153. The molecule has 0 spiro atoms. The molecule has 0 aliphatic rings. The van der Waals surface area contributed by atoms with Crippen LogP contribution in [0.15, 0.2) is 11.7 Å². The van der Waals surface area contributed by atoms with Crippen LogP contribution in [0.5, 0.6) is 0 Å². The fraction of sp³-hybridized carbons (Fsp3) is 0.800. The van der Waals surface area contributed by atoms with E-state index in [1.54, 1.807) is 0 Å². The smallest absolute Gasteiger partial charge is 0.244 e. The molecule has 1 nitrogen and oxygen atoms in total. The van der Waals surface area contributed by atoms with Gasteiger partial charge in [-0.3, -0.25) is 0 Å². The Morgan fingerprint density at radius 3 is 1.29 bits per heavy atom. The van der Waals surface area contributed by atoms with E-state index in [1.807, 2.05) is 0 Å². The van der Waals surface area contributed by atoms with Crippen molar-refractivity contribution in [3.05, 3.63) is 11.7 Å². The van der Waals surface area contributed by atoms with Crippen LogP contribution in [0.3, 0.4) is 0 Å². The summed E-state index contributed by atoms with van der Waals surface area (Å²) in [5.41, 5.74) is -11.9. The molecule has 144 valence electrons. The molecule has 14 heteroatoms. The lowest BCUT2D eigenvalue weighted by Crippen LogP contribution is -2.67. The highest BCUT2D eigenvalue weighted by atomic mass is 19.4. The molecule has 0 bridgehead atoms. The molecule has 0 saturated heterocycles. The number of hydrogen-bond acceptors (Lipinski definition) is 1. The number of likely N-dealkylation sites (N-methyl/N-ethyl adjacent to an activating group) is 1. The van der Waals surface area contributed by atoms with Gasteiger partial charge in [0.1, 0.15) is 0 Å². The summed E-state index contributed by atoms with van der Waals surface area (Å²) in [5, 5.41) is 0. The highest BCUT2D eigenvalue weighted by Crippen LogP contribution is 2.59. The van der Waals surface area contributed by atoms with Gasteiger partial charge in [-0.05, 0) is 7.05 Å². The first kappa shape index (κ1) is 22.8. The zero-order chi connectivity index (χ0) is 19.9. The van der Waals surface area contributed by atoms with Gasteiger partial charge < -0.3 is 0 Å². The Kier molecular flexibility index (Phi) is 5.94. The highest BCUT2D eigenvalue weighted by Gasteiger charge is 2.87. The van der Waals surface area contributed by atoms with Crippen LogP contribution >= 0.6 is 0 Å². The van der Waals surface area contributed by atoms with E-state index in [9.17, 15) is 57.1 Å². The molecule has 0 heterocycles. The lowest BCUT2D eigenvalue weighted by atomic mass is 9.88. The van der Waals surface area contributed by atoms with E-state index in [2.05, 4.69) is 0 Å². The van der Waals surface area contributed by atoms with E-state index in [0.717, 1.165) is 6.92 Å². The second-order valence-corrected chi connectivity index (χ2v) is 4.42. The molecule has 0 aliphatic heterocycles. The van der Waals surface area contributed by atoms with Crippen molar-refractivity contribution in [2.24, 2.45) is 0 Å². The molecule has 0 aromatic heterocycles. The quantitative estimate of drug-likeness (QED) is 0.465. The van der Waals surface area contributed by atoms with Crippen molar-refractivity contribution in [2.45, 2.75) is 36.9 Å². The van der Waals surface area contributed by atoms with Crippen molar-refractivity contribution < 1.29 is 57.1 Å².